The van der Waals surface area contributed by atoms with Crippen molar-refractivity contribution in [2.24, 2.45) is 0 Å². The summed E-state index contributed by atoms with van der Waals surface area (Å²) < 4.78 is 19.5. The summed E-state index contributed by atoms with van der Waals surface area (Å²) in [5, 5.41) is 5.21. The quantitative estimate of drug-likeness (QED) is 0.409. The Kier molecular flexibility index (Phi) is 8.43. The Balaban J connectivity index is 1.12. The predicted molar refractivity (Wildman–Crippen MR) is 160 cm³/mol. The summed E-state index contributed by atoms with van der Waals surface area (Å²) in [6.07, 6.45) is 4.59. The number of piperidine rings is 1. The Morgan fingerprint density at radius 2 is 1.78 bits per heavy atom. The van der Waals surface area contributed by atoms with Gasteiger partial charge in [-0.25, -0.2) is 19.4 Å². The number of hydroxylamine groups is 1. The highest BCUT2D eigenvalue weighted by Crippen LogP contribution is 2.37. The fourth-order valence-electron chi connectivity index (χ4n) is 6.05. The largest absolute Gasteiger partial charge is 0.494 e. The van der Waals surface area contributed by atoms with Crippen molar-refractivity contribution in [1.82, 2.24) is 19.8 Å². The fraction of sp³-hybridized carbons (Fsp3) is 0.467. The highest BCUT2D eigenvalue weighted by atomic mass is 35.5. The average Bonchev–Trinajstić information content (AvgIpc) is 3.50. The number of anilines is 4. The standard InChI is InChI=1S/C30H37ClFN7O2/c1-36-12-14-38(15-13-36)22-7-10-37(11-8-22)23-4-6-26(28(18-23)40-2)35-29-19-30(34-20-33-29)39-27(9-16-41-39)21-3-5-25(32)24(31)17-21/h3-6,17-20,22,27H,7-16H2,1-2H3,(H,33,34,35). The molecule has 0 amide bonds. The summed E-state index contributed by atoms with van der Waals surface area (Å²) >= 11 is 6.05. The first-order valence-corrected chi connectivity index (χ1v) is 14.7. The summed E-state index contributed by atoms with van der Waals surface area (Å²) in [6.45, 7) is 7.27. The van der Waals surface area contributed by atoms with Crippen LogP contribution in [-0.2, 0) is 4.84 Å². The minimum absolute atomic E-state index is 0.0920. The van der Waals surface area contributed by atoms with E-state index in [1.54, 1.807) is 24.3 Å². The van der Waals surface area contributed by atoms with E-state index in [2.05, 4.69) is 49.2 Å². The third-order valence-electron chi connectivity index (χ3n) is 8.44. The fourth-order valence-corrected chi connectivity index (χ4v) is 6.24. The normalized spacial score (nSPS) is 20.9. The number of methoxy groups -OCH3 is 1. The van der Waals surface area contributed by atoms with Crippen LogP contribution < -0.4 is 20.0 Å². The lowest BCUT2D eigenvalue weighted by Crippen LogP contribution is -2.52. The van der Waals surface area contributed by atoms with Gasteiger partial charge in [-0.1, -0.05) is 17.7 Å². The van der Waals surface area contributed by atoms with Crippen molar-refractivity contribution in [2.45, 2.75) is 31.3 Å². The van der Waals surface area contributed by atoms with Crippen LogP contribution in [0.3, 0.4) is 0 Å². The monoisotopic (exact) mass is 581 g/mol. The summed E-state index contributed by atoms with van der Waals surface area (Å²) in [5.41, 5.74) is 2.85. The highest BCUT2D eigenvalue weighted by Gasteiger charge is 2.30. The lowest BCUT2D eigenvalue weighted by atomic mass is 10.0. The summed E-state index contributed by atoms with van der Waals surface area (Å²) in [5.74, 6) is 1.52. The first-order chi connectivity index (χ1) is 20.0. The van der Waals surface area contributed by atoms with Gasteiger partial charge in [-0.3, -0.25) is 9.74 Å². The number of ether oxygens (including phenoxy) is 1. The molecule has 1 atom stereocenters. The molecule has 0 saturated carbocycles. The second-order valence-electron chi connectivity index (χ2n) is 11.0. The van der Waals surface area contributed by atoms with E-state index in [-0.39, 0.29) is 11.1 Å². The van der Waals surface area contributed by atoms with Gasteiger partial charge >= 0.3 is 0 Å². The van der Waals surface area contributed by atoms with Crippen molar-refractivity contribution in [3.05, 3.63) is 65.2 Å². The zero-order chi connectivity index (χ0) is 28.3. The third kappa shape index (κ3) is 6.21. The third-order valence-corrected chi connectivity index (χ3v) is 8.73. The van der Waals surface area contributed by atoms with Crippen LogP contribution >= 0.6 is 11.6 Å². The zero-order valence-electron chi connectivity index (χ0n) is 23.6. The van der Waals surface area contributed by atoms with E-state index in [0.717, 1.165) is 49.6 Å². The van der Waals surface area contributed by atoms with Crippen molar-refractivity contribution in [1.29, 1.82) is 0 Å². The van der Waals surface area contributed by atoms with Gasteiger partial charge in [0.15, 0.2) is 5.82 Å². The number of piperazine rings is 1. The van der Waals surface area contributed by atoms with Crippen LogP contribution in [-0.4, -0.2) is 85.8 Å². The Labute approximate surface area is 245 Å². The van der Waals surface area contributed by atoms with Gasteiger partial charge < -0.3 is 19.9 Å². The van der Waals surface area contributed by atoms with E-state index in [4.69, 9.17) is 21.2 Å². The topological polar surface area (TPSA) is 69.2 Å². The van der Waals surface area contributed by atoms with Crippen molar-refractivity contribution in [3.8, 4) is 5.75 Å². The molecule has 0 radical (unpaired) electrons. The molecule has 3 saturated heterocycles. The van der Waals surface area contributed by atoms with Crippen LogP contribution in [0, 0.1) is 5.82 Å². The van der Waals surface area contributed by atoms with Crippen LogP contribution in [0.4, 0.5) is 27.4 Å². The Bertz CT molecular complexity index is 1350. The molecular weight excluding hydrogens is 545 g/mol. The van der Waals surface area contributed by atoms with E-state index >= 15 is 0 Å². The van der Waals surface area contributed by atoms with E-state index in [0.29, 0.717) is 24.3 Å². The van der Waals surface area contributed by atoms with Gasteiger partial charge in [-0.2, -0.15) is 0 Å². The van der Waals surface area contributed by atoms with Crippen molar-refractivity contribution in [3.63, 3.8) is 0 Å². The van der Waals surface area contributed by atoms with Crippen LogP contribution in [0.2, 0.25) is 5.02 Å². The molecule has 41 heavy (non-hydrogen) atoms. The molecule has 0 spiro atoms. The second kappa shape index (κ2) is 12.4. The van der Waals surface area contributed by atoms with Crippen molar-refractivity contribution < 1.29 is 14.0 Å². The molecule has 1 aromatic heterocycles. The van der Waals surface area contributed by atoms with Crippen LogP contribution in [0.5, 0.6) is 5.75 Å². The molecule has 218 valence electrons. The molecular formula is C30H37ClFN7O2. The van der Waals surface area contributed by atoms with Gasteiger partial charge in [0.25, 0.3) is 0 Å². The molecule has 0 bridgehead atoms. The van der Waals surface area contributed by atoms with E-state index in [1.807, 2.05) is 12.1 Å². The van der Waals surface area contributed by atoms with Crippen molar-refractivity contribution >= 4 is 34.6 Å². The molecule has 3 aliphatic heterocycles. The molecule has 11 heteroatoms. The number of benzene rings is 2. The van der Waals surface area contributed by atoms with Crippen LogP contribution in [0.25, 0.3) is 0 Å². The van der Waals surface area contributed by atoms with Gasteiger partial charge in [-0.05, 0) is 49.7 Å². The first-order valence-electron chi connectivity index (χ1n) is 14.3. The lowest BCUT2D eigenvalue weighted by Gasteiger charge is -2.42. The van der Waals surface area contributed by atoms with Crippen LogP contribution in [0.1, 0.15) is 30.9 Å². The number of likely N-dealkylation sites (N-methyl/N-ethyl adjacent to an activating group) is 1. The SMILES string of the molecule is COc1cc(N2CCC(N3CCN(C)CC3)CC2)ccc1Nc1cc(N2OCCC2c2ccc(F)c(Cl)c2)ncn1. The molecule has 3 aromatic rings. The number of nitrogens with zero attached hydrogens (tertiary/aromatic N) is 6. The van der Waals surface area contributed by atoms with E-state index in [1.165, 1.54) is 44.0 Å². The predicted octanol–water partition coefficient (Wildman–Crippen LogP) is 5.12. The second-order valence-corrected chi connectivity index (χ2v) is 11.4. The highest BCUT2D eigenvalue weighted by molar-refractivity contribution is 6.30. The van der Waals surface area contributed by atoms with Gasteiger partial charge in [0.1, 0.15) is 23.7 Å². The van der Waals surface area contributed by atoms with Gasteiger partial charge in [0.2, 0.25) is 0 Å². The number of hydrogen-bond acceptors (Lipinski definition) is 9. The maximum atomic E-state index is 13.7. The molecule has 3 fully saturated rings. The molecule has 6 rings (SSSR count). The molecule has 2 aromatic carbocycles. The van der Waals surface area contributed by atoms with Crippen molar-refractivity contribution in [2.75, 3.05) is 75.3 Å². The average molecular weight is 582 g/mol. The summed E-state index contributed by atoms with van der Waals surface area (Å²) in [4.78, 5) is 22.3. The Hall–Kier alpha value is -3.18. The summed E-state index contributed by atoms with van der Waals surface area (Å²) in [7, 11) is 3.89. The van der Waals surface area contributed by atoms with Gasteiger partial charge in [0, 0.05) is 69.6 Å². The van der Waals surface area contributed by atoms with E-state index in [9.17, 15) is 4.39 Å². The Morgan fingerprint density at radius 1 is 0.976 bits per heavy atom. The maximum Gasteiger partial charge on any atom is 0.158 e. The smallest absolute Gasteiger partial charge is 0.158 e. The first kappa shape index (κ1) is 28.0. The van der Waals surface area contributed by atoms with Gasteiger partial charge in [-0.15, -0.1) is 0 Å². The molecule has 1 N–H and O–H groups in total. The lowest BCUT2D eigenvalue weighted by molar-refractivity contribution is 0.0982. The molecule has 0 aliphatic carbocycles. The molecule has 3 aliphatic rings. The van der Waals surface area contributed by atoms with Crippen LogP contribution in [0.15, 0.2) is 48.8 Å². The molecule has 9 nitrogen and oxygen atoms in total. The van der Waals surface area contributed by atoms with E-state index < -0.39 is 5.82 Å². The Morgan fingerprint density at radius 3 is 2.54 bits per heavy atom. The summed E-state index contributed by atoms with van der Waals surface area (Å²) in [6, 6.07) is 13.4. The number of nitrogens with one attached hydrogen (secondary N) is 1. The molecule has 4 heterocycles. The number of aromatic nitrogens is 2. The molecule has 1 unspecified atom stereocenters. The number of halogens is 2. The number of hydrogen-bond donors (Lipinski definition) is 1. The zero-order valence-corrected chi connectivity index (χ0v) is 24.4. The minimum atomic E-state index is -0.440. The van der Waals surface area contributed by atoms with Gasteiger partial charge in [0.05, 0.1) is 30.5 Å². The number of rotatable bonds is 7. The maximum absolute atomic E-state index is 13.7. The minimum Gasteiger partial charge on any atom is -0.494 e.